The van der Waals surface area contributed by atoms with Crippen molar-refractivity contribution in [3.8, 4) is 28.6 Å². The van der Waals surface area contributed by atoms with Crippen LogP contribution in [0.4, 0.5) is 5.69 Å². The Kier molecular flexibility index (Phi) is 5.95. The van der Waals surface area contributed by atoms with Crippen LogP contribution in [0.2, 0.25) is 0 Å². The lowest BCUT2D eigenvalue weighted by Gasteiger charge is -2.11. The Balaban J connectivity index is 1.79. The molecule has 0 saturated carbocycles. The van der Waals surface area contributed by atoms with E-state index in [2.05, 4.69) is 15.5 Å². The minimum absolute atomic E-state index is 0.00500. The zero-order valence-corrected chi connectivity index (χ0v) is 16.5. The normalized spacial score (nSPS) is 10.4. The van der Waals surface area contributed by atoms with Crippen molar-refractivity contribution in [1.29, 1.82) is 0 Å². The van der Waals surface area contributed by atoms with Crippen LogP contribution in [0.3, 0.4) is 0 Å². The van der Waals surface area contributed by atoms with Crippen molar-refractivity contribution in [2.24, 2.45) is 0 Å². The number of amides is 1. The molecule has 146 valence electrons. The zero-order chi connectivity index (χ0) is 20.1. The van der Waals surface area contributed by atoms with Gasteiger partial charge in [-0.3, -0.25) is 14.5 Å². The Morgan fingerprint density at radius 1 is 1.07 bits per heavy atom. The van der Waals surface area contributed by atoms with E-state index in [-0.39, 0.29) is 12.5 Å². The van der Waals surface area contributed by atoms with Crippen LogP contribution in [0.5, 0.6) is 17.2 Å². The summed E-state index contributed by atoms with van der Waals surface area (Å²) in [5, 5.41) is 9.80. The van der Waals surface area contributed by atoms with Crippen LogP contribution < -0.4 is 19.5 Å². The monoisotopic (exact) mass is 400 g/mol. The molecule has 0 radical (unpaired) electrons. The van der Waals surface area contributed by atoms with Crippen molar-refractivity contribution in [2.45, 2.75) is 6.54 Å². The third-order valence-electron chi connectivity index (χ3n) is 4.08. The molecule has 0 aliphatic heterocycles. The number of methoxy groups -OCH3 is 3. The minimum atomic E-state index is -0.250. The van der Waals surface area contributed by atoms with Gasteiger partial charge in [-0.2, -0.15) is 5.10 Å². The van der Waals surface area contributed by atoms with Crippen molar-refractivity contribution in [1.82, 2.24) is 14.8 Å². The summed E-state index contributed by atoms with van der Waals surface area (Å²) >= 11 is 5.28. The third kappa shape index (κ3) is 4.15. The molecule has 0 fully saturated rings. The maximum atomic E-state index is 12.6. The summed E-state index contributed by atoms with van der Waals surface area (Å²) < 4.78 is 17.6. The van der Waals surface area contributed by atoms with Crippen molar-refractivity contribution >= 4 is 23.8 Å². The molecule has 3 rings (SSSR count). The average molecular weight is 400 g/mol. The first-order chi connectivity index (χ1) is 13.5. The molecule has 28 heavy (non-hydrogen) atoms. The molecule has 2 N–H and O–H groups in total. The molecule has 1 aromatic heterocycles. The van der Waals surface area contributed by atoms with E-state index >= 15 is 0 Å². The van der Waals surface area contributed by atoms with Gasteiger partial charge >= 0.3 is 0 Å². The molecule has 8 nitrogen and oxygen atoms in total. The number of rotatable bonds is 7. The van der Waals surface area contributed by atoms with Crippen molar-refractivity contribution in [3.05, 3.63) is 47.2 Å². The van der Waals surface area contributed by atoms with E-state index in [1.807, 2.05) is 24.3 Å². The highest BCUT2D eigenvalue weighted by Crippen LogP contribution is 2.29. The van der Waals surface area contributed by atoms with E-state index in [1.54, 1.807) is 37.0 Å². The summed E-state index contributed by atoms with van der Waals surface area (Å²) in [6.07, 6.45) is 0. The largest absolute Gasteiger partial charge is 0.497 e. The molecule has 2 aromatic carbocycles. The fraction of sp³-hybridized carbons (Fsp3) is 0.211. The highest BCUT2D eigenvalue weighted by Gasteiger charge is 2.14. The maximum Gasteiger partial charge on any atom is 0.244 e. The fourth-order valence-electron chi connectivity index (χ4n) is 2.68. The molecule has 0 unspecified atom stereocenters. The number of ether oxygens (including phenoxy) is 3. The summed E-state index contributed by atoms with van der Waals surface area (Å²) in [6, 6.07) is 12.5. The number of nitrogens with one attached hydrogen (secondary N) is 2. The first-order valence-electron chi connectivity index (χ1n) is 8.37. The van der Waals surface area contributed by atoms with E-state index < -0.39 is 0 Å². The third-order valence-corrected chi connectivity index (χ3v) is 4.39. The molecular weight excluding hydrogens is 380 g/mol. The zero-order valence-electron chi connectivity index (χ0n) is 15.7. The number of hydrogen-bond donors (Lipinski definition) is 2. The number of aromatic amines is 1. The van der Waals surface area contributed by atoms with Crippen LogP contribution in [0, 0.1) is 4.77 Å². The van der Waals surface area contributed by atoms with Crippen molar-refractivity contribution in [3.63, 3.8) is 0 Å². The Morgan fingerprint density at radius 3 is 2.43 bits per heavy atom. The van der Waals surface area contributed by atoms with Crippen LogP contribution in [0.1, 0.15) is 0 Å². The number of carbonyl (C=O) groups is 1. The number of H-pyrrole nitrogens is 1. The molecule has 0 atom stereocenters. The molecular formula is C19H20N4O4S. The van der Waals surface area contributed by atoms with Gasteiger partial charge < -0.3 is 19.5 Å². The summed E-state index contributed by atoms with van der Waals surface area (Å²) in [4.78, 5) is 12.6. The smallest absolute Gasteiger partial charge is 0.244 e. The van der Waals surface area contributed by atoms with Gasteiger partial charge in [0.05, 0.1) is 21.3 Å². The van der Waals surface area contributed by atoms with Crippen LogP contribution in [-0.2, 0) is 11.3 Å². The van der Waals surface area contributed by atoms with E-state index in [0.717, 1.165) is 11.3 Å². The van der Waals surface area contributed by atoms with Gasteiger partial charge in [-0.25, -0.2) is 0 Å². The Labute approximate surface area is 167 Å². The highest BCUT2D eigenvalue weighted by molar-refractivity contribution is 7.71. The SMILES string of the molecule is COc1ccc(-c2n[nH]c(=S)n2CC(=O)Nc2ccc(OC)c(OC)c2)cc1. The minimum Gasteiger partial charge on any atom is -0.497 e. The first kappa shape index (κ1) is 19.4. The second kappa shape index (κ2) is 8.57. The van der Waals surface area contributed by atoms with E-state index in [4.69, 9.17) is 26.4 Å². The first-order valence-corrected chi connectivity index (χ1v) is 8.78. The standard InChI is InChI=1S/C19H20N4O4S/c1-25-14-7-4-12(5-8-14)18-21-22-19(28)23(18)11-17(24)20-13-6-9-15(26-2)16(10-13)27-3/h4-10H,11H2,1-3H3,(H,20,24)(H,22,28). The van der Waals surface area contributed by atoms with Crippen LogP contribution in [0.15, 0.2) is 42.5 Å². The Bertz CT molecular complexity index is 1030. The van der Waals surface area contributed by atoms with Gasteiger partial charge in [-0.15, -0.1) is 0 Å². The number of anilines is 1. The second-order valence-corrected chi connectivity index (χ2v) is 6.17. The highest BCUT2D eigenvalue weighted by atomic mass is 32.1. The van der Waals surface area contributed by atoms with Gasteiger partial charge in [0.25, 0.3) is 0 Å². The number of aromatic nitrogens is 3. The summed E-state index contributed by atoms with van der Waals surface area (Å²) in [5.74, 6) is 2.16. The molecule has 0 aliphatic carbocycles. The Hall–Kier alpha value is -3.33. The molecule has 0 spiro atoms. The molecule has 9 heteroatoms. The van der Waals surface area contributed by atoms with Crippen LogP contribution >= 0.6 is 12.2 Å². The average Bonchev–Trinajstić information content (AvgIpc) is 3.08. The molecule has 0 bridgehead atoms. The van der Waals surface area contributed by atoms with Gasteiger partial charge in [0.15, 0.2) is 22.1 Å². The topological polar surface area (TPSA) is 90.4 Å². The van der Waals surface area contributed by atoms with Crippen molar-refractivity contribution < 1.29 is 19.0 Å². The predicted molar refractivity (Wildman–Crippen MR) is 108 cm³/mol. The predicted octanol–water partition coefficient (Wildman–Crippen LogP) is 3.27. The van der Waals surface area contributed by atoms with Gasteiger partial charge in [0.1, 0.15) is 12.3 Å². The quantitative estimate of drug-likeness (QED) is 0.592. The molecule has 0 saturated heterocycles. The second-order valence-electron chi connectivity index (χ2n) is 5.78. The van der Waals surface area contributed by atoms with Gasteiger partial charge in [0, 0.05) is 17.3 Å². The molecule has 0 aliphatic rings. The molecule has 1 amide bonds. The van der Waals surface area contributed by atoms with Crippen LogP contribution in [-0.4, -0.2) is 42.0 Å². The maximum absolute atomic E-state index is 12.6. The number of hydrogen-bond acceptors (Lipinski definition) is 6. The van der Waals surface area contributed by atoms with Crippen molar-refractivity contribution in [2.75, 3.05) is 26.6 Å². The van der Waals surface area contributed by atoms with Gasteiger partial charge in [-0.1, -0.05) is 0 Å². The number of nitrogens with zero attached hydrogens (tertiary/aromatic N) is 2. The van der Waals surface area contributed by atoms with Crippen LogP contribution in [0.25, 0.3) is 11.4 Å². The summed E-state index contributed by atoms with van der Waals surface area (Å²) in [6.45, 7) is 0.00500. The Morgan fingerprint density at radius 2 is 1.79 bits per heavy atom. The fourth-order valence-corrected chi connectivity index (χ4v) is 2.88. The lowest BCUT2D eigenvalue weighted by atomic mass is 10.2. The van der Waals surface area contributed by atoms with E-state index in [1.165, 1.54) is 7.11 Å². The number of benzene rings is 2. The summed E-state index contributed by atoms with van der Waals surface area (Å²) in [7, 11) is 4.69. The lowest BCUT2D eigenvalue weighted by Crippen LogP contribution is -2.19. The number of carbonyl (C=O) groups excluding carboxylic acids is 1. The lowest BCUT2D eigenvalue weighted by molar-refractivity contribution is -0.116. The molecule has 3 aromatic rings. The summed E-state index contributed by atoms with van der Waals surface area (Å²) in [5.41, 5.74) is 1.40. The van der Waals surface area contributed by atoms with E-state index in [9.17, 15) is 4.79 Å². The molecule has 1 heterocycles. The van der Waals surface area contributed by atoms with E-state index in [0.29, 0.717) is 27.8 Å². The van der Waals surface area contributed by atoms with Gasteiger partial charge in [-0.05, 0) is 48.6 Å². The van der Waals surface area contributed by atoms with Gasteiger partial charge in [0.2, 0.25) is 5.91 Å².